The van der Waals surface area contributed by atoms with E-state index in [1.165, 1.54) is 0 Å². The lowest BCUT2D eigenvalue weighted by Crippen LogP contribution is -2.13. The third-order valence-corrected chi connectivity index (χ3v) is 2.65. The van der Waals surface area contributed by atoms with Gasteiger partial charge in [0.2, 0.25) is 0 Å². The number of hydrogen-bond acceptors (Lipinski definition) is 5. The molecule has 0 aliphatic rings. The van der Waals surface area contributed by atoms with Gasteiger partial charge in [-0.2, -0.15) is 0 Å². The summed E-state index contributed by atoms with van der Waals surface area (Å²) in [4.78, 5) is 8.42. The van der Waals surface area contributed by atoms with Crippen molar-refractivity contribution in [3.05, 3.63) is 48.3 Å². The van der Waals surface area contributed by atoms with Crippen molar-refractivity contribution in [1.29, 1.82) is 0 Å². The van der Waals surface area contributed by atoms with Gasteiger partial charge < -0.3 is 15.7 Å². The lowest BCUT2D eigenvalue weighted by molar-refractivity contribution is 0.191. The molecule has 0 fully saturated rings. The Morgan fingerprint density at radius 1 is 1.11 bits per heavy atom. The molecule has 0 spiro atoms. The van der Waals surface area contributed by atoms with Gasteiger partial charge in [-0.1, -0.05) is 30.3 Å². The molecule has 19 heavy (non-hydrogen) atoms. The fraction of sp³-hybridized carbons (Fsp3) is 0.286. The van der Waals surface area contributed by atoms with E-state index in [9.17, 15) is 5.11 Å². The molecule has 0 radical (unpaired) electrons. The predicted molar refractivity (Wildman–Crippen MR) is 76.1 cm³/mol. The summed E-state index contributed by atoms with van der Waals surface area (Å²) in [6, 6.07) is 9.53. The minimum Gasteiger partial charge on any atom is -0.387 e. The van der Waals surface area contributed by atoms with E-state index in [0.717, 1.165) is 17.9 Å². The van der Waals surface area contributed by atoms with Crippen LogP contribution in [0.2, 0.25) is 0 Å². The van der Waals surface area contributed by atoms with Crippen LogP contribution >= 0.6 is 0 Å². The standard InChI is InChI=1S/C14H18N4O/c1-2-16-13-9-15-10-14(18-13)17-8-12(19)11-6-4-3-5-7-11/h3-7,9-10,12,19H,2,8H2,1H3,(H2,16,17,18). The summed E-state index contributed by atoms with van der Waals surface area (Å²) < 4.78 is 0. The lowest BCUT2D eigenvalue weighted by Gasteiger charge is -2.13. The lowest BCUT2D eigenvalue weighted by atomic mass is 10.1. The first kappa shape index (κ1) is 13.3. The van der Waals surface area contributed by atoms with Gasteiger partial charge in [0.25, 0.3) is 0 Å². The van der Waals surface area contributed by atoms with Crippen LogP contribution in [0.5, 0.6) is 0 Å². The van der Waals surface area contributed by atoms with E-state index in [1.54, 1.807) is 12.4 Å². The van der Waals surface area contributed by atoms with E-state index in [-0.39, 0.29) is 0 Å². The van der Waals surface area contributed by atoms with Gasteiger partial charge in [-0.15, -0.1) is 0 Å². The molecule has 1 aromatic carbocycles. The van der Waals surface area contributed by atoms with Crippen molar-refractivity contribution in [3.63, 3.8) is 0 Å². The Bertz CT molecular complexity index is 504. The maximum Gasteiger partial charge on any atom is 0.147 e. The maximum atomic E-state index is 10.0. The van der Waals surface area contributed by atoms with Crippen molar-refractivity contribution in [2.45, 2.75) is 13.0 Å². The molecule has 0 saturated heterocycles. The van der Waals surface area contributed by atoms with E-state index in [4.69, 9.17) is 0 Å². The molecule has 1 aromatic heterocycles. The molecule has 3 N–H and O–H groups in total. The zero-order chi connectivity index (χ0) is 13.5. The fourth-order valence-electron chi connectivity index (χ4n) is 1.71. The molecule has 5 nitrogen and oxygen atoms in total. The van der Waals surface area contributed by atoms with Crippen molar-refractivity contribution in [2.24, 2.45) is 0 Å². The number of nitrogens with one attached hydrogen (secondary N) is 2. The smallest absolute Gasteiger partial charge is 0.147 e. The monoisotopic (exact) mass is 258 g/mol. The van der Waals surface area contributed by atoms with Crippen LogP contribution in [0.4, 0.5) is 11.6 Å². The number of hydrogen-bond donors (Lipinski definition) is 3. The molecule has 100 valence electrons. The minimum atomic E-state index is -0.564. The van der Waals surface area contributed by atoms with Crippen LogP contribution in [-0.4, -0.2) is 28.2 Å². The van der Waals surface area contributed by atoms with Crippen LogP contribution in [0.25, 0.3) is 0 Å². The molecule has 0 aliphatic carbocycles. The SMILES string of the molecule is CCNc1cncc(NCC(O)c2ccccc2)n1. The fourth-order valence-corrected chi connectivity index (χ4v) is 1.71. The predicted octanol–water partition coefficient (Wildman–Crippen LogP) is 2.05. The Morgan fingerprint density at radius 3 is 2.47 bits per heavy atom. The third kappa shape index (κ3) is 3.93. The van der Waals surface area contributed by atoms with Crippen LogP contribution in [0.1, 0.15) is 18.6 Å². The molecule has 2 aromatic rings. The van der Waals surface area contributed by atoms with Gasteiger partial charge >= 0.3 is 0 Å². The first-order valence-corrected chi connectivity index (χ1v) is 6.32. The number of aromatic nitrogens is 2. The van der Waals surface area contributed by atoms with E-state index < -0.39 is 6.10 Å². The molecule has 2 rings (SSSR count). The largest absolute Gasteiger partial charge is 0.387 e. The van der Waals surface area contributed by atoms with Gasteiger partial charge in [0.15, 0.2) is 0 Å². The Hall–Kier alpha value is -2.14. The minimum absolute atomic E-state index is 0.397. The Kier molecular flexibility index (Phi) is 4.69. The second-order valence-electron chi connectivity index (χ2n) is 4.13. The number of aliphatic hydroxyl groups is 1. The zero-order valence-electron chi connectivity index (χ0n) is 10.9. The number of aliphatic hydroxyl groups excluding tert-OH is 1. The Morgan fingerprint density at radius 2 is 1.79 bits per heavy atom. The summed E-state index contributed by atoms with van der Waals surface area (Å²) in [5.41, 5.74) is 0.880. The first-order chi connectivity index (χ1) is 9.29. The molecular formula is C14H18N4O. The molecule has 0 saturated carbocycles. The highest BCUT2D eigenvalue weighted by Crippen LogP contribution is 2.13. The van der Waals surface area contributed by atoms with E-state index in [1.807, 2.05) is 37.3 Å². The second kappa shape index (κ2) is 6.70. The van der Waals surface area contributed by atoms with Gasteiger partial charge in [-0.3, -0.25) is 4.98 Å². The summed E-state index contributed by atoms with van der Waals surface area (Å²) in [5.74, 6) is 1.37. The Labute approximate surface area is 112 Å². The topological polar surface area (TPSA) is 70.1 Å². The average molecular weight is 258 g/mol. The highest BCUT2D eigenvalue weighted by molar-refractivity contribution is 5.41. The van der Waals surface area contributed by atoms with Crippen LogP contribution in [0.3, 0.4) is 0 Å². The molecule has 5 heteroatoms. The molecule has 0 aliphatic heterocycles. The van der Waals surface area contributed by atoms with Gasteiger partial charge in [0.1, 0.15) is 11.6 Å². The highest BCUT2D eigenvalue weighted by atomic mass is 16.3. The summed E-state index contributed by atoms with van der Waals surface area (Å²) in [7, 11) is 0. The van der Waals surface area contributed by atoms with Gasteiger partial charge in [0, 0.05) is 13.1 Å². The number of anilines is 2. The normalized spacial score (nSPS) is 11.9. The van der Waals surface area contributed by atoms with Crippen molar-refractivity contribution < 1.29 is 5.11 Å². The van der Waals surface area contributed by atoms with E-state index >= 15 is 0 Å². The summed E-state index contributed by atoms with van der Waals surface area (Å²) in [5, 5.41) is 16.2. The van der Waals surface area contributed by atoms with Gasteiger partial charge in [-0.25, -0.2) is 4.98 Å². The summed E-state index contributed by atoms with van der Waals surface area (Å²) >= 11 is 0. The van der Waals surface area contributed by atoms with Crippen molar-refractivity contribution in [2.75, 3.05) is 23.7 Å². The van der Waals surface area contributed by atoms with Crippen molar-refractivity contribution in [1.82, 2.24) is 9.97 Å². The third-order valence-electron chi connectivity index (χ3n) is 2.65. The second-order valence-corrected chi connectivity index (χ2v) is 4.13. The van der Waals surface area contributed by atoms with Gasteiger partial charge in [0.05, 0.1) is 18.5 Å². The van der Waals surface area contributed by atoms with Crippen LogP contribution in [-0.2, 0) is 0 Å². The van der Waals surface area contributed by atoms with Crippen molar-refractivity contribution >= 4 is 11.6 Å². The quantitative estimate of drug-likeness (QED) is 0.740. The maximum absolute atomic E-state index is 10.0. The number of benzene rings is 1. The van der Waals surface area contributed by atoms with E-state index in [0.29, 0.717) is 12.4 Å². The molecule has 1 atom stereocenters. The van der Waals surface area contributed by atoms with Crippen LogP contribution < -0.4 is 10.6 Å². The van der Waals surface area contributed by atoms with Crippen LogP contribution in [0.15, 0.2) is 42.7 Å². The highest BCUT2D eigenvalue weighted by Gasteiger charge is 2.07. The first-order valence-electron chi connectivity index (χ1n) is 6.32. The molecule has 0 bridgehead atoms. The van der Waals surface area contributed by atoms with Crippen LogP contribution in [0, 0.1) is 0 Å². The molecule has 1 unspecified atom stereocenters. The summed E-state index contributed by atoms with van der Waals surface area (Å²) in [6.45, 7) is 3.19. The molecular weight excluding hydrogens is 240 g/mol. The Balaban J connectivity index is 1.93. The van der Waals surface area contributed by atoms with Gasteiger partial charge in [-0.05, 0) is 12.5 Å². The average Bonchev–Trinajstić information content (AvgIpc) is 2.46. The molecule has 1 heterocycles. The zero-order valence-corrected chi connectivity index (χ0v) is 10.9. The van der Waals surface area contributed by atoms with Crippen molar-refractivity contribution in [3.8, 4) is 0 Å². The number of nitrogens with zero attached hydrogens (tertiary/aromatic N) is 2. The van der Waals surface area contributed by atoms with E-state index in [2.05, 4.69) is 20.6 Å². The summed E-state index contributed by atoms with van der Waals surface area (Å²) in [6.07, 6.45) is 2.74. The molecule has 0 amide bonds. The number of rotatable bonds is 6.